The molecule has 0 bridgehead atoms. The monoisotopic (exact) mass is 601 g/mol. The fourth-order valence-electron chi connectivity index (χ4n) is 2.71. The molecule has 1 amide bonds. The smallest absolute Gasteiger partial charge is 0.339 e. The van der Waals surface area contributed by atoms with Crippen LogP contribution in [0.3, 0.4) is 0 Å². The van der Waals surface area contributed by atoms with Gasteiger partial charge >= 0.3 is 5.97 Å². The molecule has 3 rings (SSSR count). The number of ether oxygens (including phenoxy) is 1. The van der Waals surface area contributed by atoms with Gasteiger partial charge in [0.25, 0.3) is 5.91 Å². The molecule has 9 heteroatoms. The molecule has 150 valence electrons. The summed E-state index contributed by atoms with van der Waals surface area (Å²) in [4.78, 5) is 24.8. The van der Waals surface area contributed by atoms with Crippen molar-refractivity contribution in [3.63, 3.8) is 0 Å². The number of carboxylic acids is 1. The number of amides is 1. The Bertz CT molecular complexity index is 1110. The third kappa shape index (κ3) is 4.42. The molecule has 0 unspecified atom stereocenters. The van der Waals surface area contributed by atoms with E-state index in [9.17, 15) is 14.7 Å². The van der Waals surface area contributed by atoms with Crippen LogP contribution < -0.4 is 10.1 Å². The number of methoxy groups -OCH3 is 1. The molecular weight excluding hydrogens is 590 g/mol. The average Bonchev–Trinajstić information content (AvgIpc) is 3.09. The molecule has 29 heavy (non-hydrogen) atoms. The number of anilines is 1. The van der Waals surface area contributed by atoms with Crippen LogP contribution in [0.15, 0.2) is 49.1 Å². The van der Waals surface area contributed by atoms with E-state index in [1.807, 2.05) is 31.2 Å². The standard InChI is InChI=1S/C20H14Br3NO4S/c1-9-3-5-10(6-4-9)12-8-29-19(14(12)20(26)27)24-18(25)11-7-13(21)17(28-2)16(23)15(11)22/h3-8H,1-2H3,(H,24,25)(H,26,27). The fraction of sp³-hybridized carbons (Fsp3) is 0.100. The first-order chi connectivity index (χ1) is 13.7. The van der Waals surface area contributed by atoms with Gasteiger partial charge in [0.2, 0.25) is 0 Å². The van der Waals surface area contributed by atoms with E-state index in [0.29, 0.717) is 30.3 Å². The van der Waals surface area contributed by atoms with Crippen molar-refractivity contribution in [3.05, 3.63) is 65.8 Å². The van der Waals surface area contributed by atoms with Gasteiger partial charge in [-0.25, -0.2) is 4.79 Å². The first-order valence-corrected chi connectivity index (χ1v) is 11.4. The van der Waals surface area contributed by atoms with Crippen molar-refractivity contribution in [2.75, 3.05) is 12.4 Å². The predicted octanol–water partition coefficient (Wildman–Crippen LogP) is 6.97. The van der Waals surface area contributed by atoms with Gasteiger partial charge in [0.15, 0.2) is 0 Å². The fourth-order valence-corrected chi connectivity index (χ4v) is 5.58. The Kier molecular flexibility index (Phi) is 6.83. The Labute approximate surface area is 196 Å². The highest BCUT2D eigenvalue weighted by Gasteiger charge is 2.24. The van der Waals surface area contributed by atoms with Crippen LogP contribution in [0, 0.1) is 6.92 Å². The summed E-state index contributed by atoms with van der Waals surface area (Å²) in [5, 5.41) is 14.5. The van der Waals surface area contributed by atoms with Crippen molar-refractivity contribution in [2.45, 2.75) is 6.92 Å². The van der Waals surface area contributed by atoms with Crippen LogP contribution in [0.1, 0.15) is 26.3 Å². The molecule has 0 aliphatic rings. The van der Waals surface area contributed by atoms with Crippen LogP contribution in [-0.4, -0.2) is 24.1 Å². The minimum atomic E-state index is -1.10. The van der Waals surface area contributed by atoms with Crippen molar-refractivity contribution >= 4 is 76.0 Å². The molecule has 0 spiro atoms. The highest BCUT2D eigenvalue weighted by atomic mass is 79.9. The van der Waals surface area contributed by atoms with Crippen molar-refractivity contribution in [1.82, 2.24) is 0 Å². The van der Waals surface area contributed by atoms with Gasteiger partial charge in [0.05, 0.1) is 21.6 Å². The van der Waals surface area contributed by atoms with Crippen LogP contribution in [-0.2, 0) is 0 Å². The van der Waals surface area contributed by atoms with E-state index in [2.05, 4.69) is 53.1 Å². The number of rotatable bonds is 5. The lowest BCUT2D eigenvalue weighted by atomic mass is 10.0. The predicted molar refractivity (Wildman–Crippen MR) is 125 cm³/mol. The number of hydrogen-bond acceptors (Lipinski definition) is 4. The Morgan fingerprint density at radius 1 is 1.10 bits per heavy atom. The summed E-state index contributed by atoms with van der Waals surface area (Å²) >= 11 is 11.3. The summed E-state index contributed by atoms with van der Waals surface area (Å²) in [6.45, 7) is 1.96. The van der Waals surface area contributed by atoms with Crippen molar-refractivity contribution in [3.8, 4) is 16.9 Å². The summed E-state index contributed by atoms with van der Waals surface area (Å²) in [5.74, 6) is -1.01. The van der Waals surface area contributed by atoms with E-state index < -0.39 is 11.9 Å². The average molecular weight is 604 g/mol. The Morgan fingerprint density at radius 3 is 2.34 bits per heavy atom. The maximum absolute atomic E-state index is 12.9. The van der Waals surface area contributed by atoms with Crippen molar-refractivity contribution in [2.24, 2.45) is 0 Å². The SMILES string of the molecule is COc1c(Br)cc(C(=O)Nc2scc(-c3ccc(C)cc3)c2C(=O)O)c(Br)c1Br. The number of hydrogen-bond donors (Lipinski definition) is 2. The largest absolute Gasteiger partial charge is 0.494 e. The molecule has 0 atom stereocenters. The molecular formula is C20H14Br3NO4S. The lowest BCUT2D eigenvalue weighted by Crippen LogP contribution is -2.14. The molecule has 2 aromatic carbocycles. The molecule has 2 N–H and O–H groups in total. The number of nitrogens with one attached hydrogen (secondary N) is 1. The molecule has 1 aromatic heterocycles. The molecule has 5 nitrogen and oxygen atoms in total. The minimum Gasteiger partial charge on any atom is -0.494 e. The third-order valence-electron chi connectivity index (χ3n) is 4.16. The maximum Gasteiger partial charge on any atom is 0.339 e. The summed E-state index contributed by atoms with van der Waals surface area (Å²) in [5.41, 5.74) is 2.81. The first-order valence-electron chi connectivity index (χ1n) is 8.19. The quantitative estimate of drug-likeness (QED) is 0.309. The minimum absolute atomic E-state index is 0.0648. The van der Waals surface area contributed by atoms with Gasteiger partial charge in [0.1, 0.15) is 16.3 Å². The molecule has 0 saturated carbocycles. The number of thiophene rings is 1. The van der Waals surface area contributed by atoms with E-state index in [1.165, 1.54) is 18.4 Å². The number of carboxylic acid groups (broad SMARTS) is 1. The van der Waals surface area contributed by atoms with Crippen LogP contribution in [0.5, 0.6) is 5.75 Å². The second-order valence-electron chi connectivity index (χ2n) is 6.05. The number of benzene rings is 2. The molecule has 0 radical (unpaired) electrons. The molecule has 0 aliphatic heterocycles. The summed E-state index contributed by atoms with van der Waals surface area (Å²) in [7, 11) is 1.52. The first kappa shape index (κ1) is 22.0. The molecule has 0 aliphatic carbocycles. The molecule has 3 aromatic rings. The zero-order valence-electron chi connectivity index (χ0n) is 15.2. The van der Waals surface area contributed by atoms with E-state index in [-0.39, 0.29) is 10.6 Å². The highest BCUT2D eigenvalue weighted by molar-refractivity contribution is 9.13. The number of aryl methyl sites for hydroxylation is 1. The molecule has 0 fully saturated rings. The van der Waals surface area contributed by atoms with Crippen LogP contribution in [0.2, 0.25) is 0 Å². The highest BCUT2D eigenvalue weighted by Crippen LogP contribution is 2.42. The van der Waals surface area contributed by atoms with Crippen LogP contribution in [0.4, 0.5) is 5.00 Å². The lowest BCUT2D eigenvalue weighted by Gasteiger charge is -2.12. The molecule has 0 saturated heterocycles. The number of carbonyl (C=O) groups excluding carboxylic acids is 1. The van der Waals surface area contributed by atoms with Gasteiger partial charge < -0.3 is 15.2 Å². The van der Waals surface area contributed by atoms with E-state index >= 15 is 0 Å². The van der Waals surface area contributed by atoms with Gasteiger partial charge in [-0.05, 0) is 66.3 Å². The summed E-state index contributed by atoms with van der Waals surface area (Å²) in [6.07, 6.45) is 0. The van der Waals surface area contributed by atoms with Crippen LogP contribution >= 0.6 is 59.1 Å². The summed E-state index contributed by atoms with van der Waals surface area (Å²) in [6, 6.07) is 9.17. The van der Waals surface area contributed by atoms with Gasteiger partial charge in [-0.3, -0.25) is 4.79 Å². The van der Waals surface area contributed by atoms with E-state index in [0.717, 1.165) is 11.1 Å². The second kappa shape index (κ2) is 8.99. The third-order valence-corrected chi connectivity index (χ3v) is 7.76. The van der Waals surface area contributed by atoms with Gasteiger partial charge in [0, 0.05) is 15.4 Å². The van der Waals surface area contributed by atoms with Crippen molar-refractivity contribution in [1.29, 1.82) is 0 Å². The van der Waals surface area contributed by atoms with Crippen molar-refractivity contribution < 1.29 is 19.4 Å². The van der Waals surface area contributed by atoms with E-state index in [4.69, 9.17) is 4.74 Å². The summed E-state index contributed by atoms with van der Waals surface area (Å²) < 4.78 is 6.95. The lowest BCUT2D eigenvalue weighted by molar-refractivity contribution is 0.0699. The Morgan fingerprint density at radius 2 is 1.76 bits per heavy atom. The van der Waals surface area contributed by atoms with Gasteiger partial charge in [-0.15, -0.1) is 11.3 Å². The van der Waals surface area contributed by atoms with Crippen LogP contribution in [0.25, 0.3) is 11.1 Å². The zero-order valence-corrected chi connectivity index (χ0v) is 20.8. The topological polar surface area (TPSA) is 75.6 Å². The normalized spacial score (nSPS) is 10.7. The Balaban J connectivity index is 2.00. The Hall–Kier alpha value is -1.68. The number of halogens is 3. The number of aromatic carboxylic acids is 1. The van der Waals surface area contributed by atoms with Gasteiger partial charge in [-0.2, -0.15) is 0 Å². The van der Waals surface area contributed by atoms with E-state index in [1.54, 1.807) is 11.4 Å². The van der Waals surface area contributed by atoms with Gasteiger partial charge in [-0.1, -0.05) is 29.8 Å². The zero-order chi connectivity index (χ0) is 21.3. The maximum atomic E-state index is 12.9. The second-order valence-corrected chi connectivity index (χ2v) is 9.37. The molecule has 1 heterocycles. The number of carbonyl (C=O) groups is 2.